The van der Waals surface area contributed by atoms with E-state index in [0.29, 0.717) is 17.1 Å². The summed E-state index contributed by atoms with van der Waals surface area (Å²) in [5, 5.41) is 36.0. The standard InChI is InChI=1S/C24H30N6O6/c1-14-8-7-9-15(2)20(14)29(13-19-25-27-28(4)26-19)21-17-12-16(30(32)33)10-11-18(17)36-24(3,22(21)31)23(34-5)35-6/h7-12,21-23,31H,13H2,1-6H3/t21-,22+,24-/m0/s1. The Morgan fingerprint density at radius 2 is 1.92 bits per heavy atom. The molecule has 192 valence electrons. The molecule has 0 radical (unpaired) electrons. The zero-order valence-electron chi connectivity index (χ0n) is 21.1. The second kappa shape index (κ2) is 9.80. The Balaban J connectivity index is 1.98. The minimum atomic E-state index is -1.36. The van der Waals surface area contributed by atoms with Gasteiger partial charge < -0.3 is 24.2 Å². The number of non-ortho nitro benzene ring substituents is 1. The van der Waals surface area contributed by atoms with Crippen LogP contribution in [0.1, 0.15) is 35.5 Å². The minimum Gasteiger partial charge on any atom is -0.479 e. The summed E-state index contributed by atoms with van der Waals surface area (Å²) in [6.07, 6.45) is -2.18. The van der Waals surface area contributed by atoms with Crippen LogP contribution < -0.4 is 9.64 Å². The number of ether oxygens (including phenoxy) is 3. The van der Waals surface area contributed by atoms with Gasteiger partial charge in [0, 0.05) is 37.6 Å². The fourth-order valence-electron chi connectivity index (χ4n) is 4.96. The molecular weight excluding hydrogens is 468 g/mol. The number of benzene rings is 2. The zero-order valence-corrected chi connectivity index (χ0v) is 21.1. The number of nitro benzene ring substituents is 1. The van der Waals surface area contributed by atoms with Crippen LogP contribution in [0.25, 0.3) is 0 Å². The average Bonchev–Trinajstić information content (AvgIpc) is 3.24. The summed E-state index contributed by atoms with van der Waals surface area (Å²) in [4.78, 5) is 14.5. The Morgan fingerprint density at radius 3 is 2.47 bits per heavy atom. The van der Waals surface area contributed by atoms with Gasteiger partial charge in [-0.2, -0.15) is 4.80 Å². The molecule has 0 unspecified atom stereocenters. The highest BCUT2D eigenvalue weighted by molar-refractivity contribution is 5.62. The average molecular weight is 499 g/mol. The highest BCUT2D eigenvalue weighted by Crippen LogP contribution is 2.48. The lowest BCUT2D eigenvalue weighted by molar-refractivity contribution is -0.385. The Morgan fingerprint density at radius 1 is 1.25 bits per heavy atom. The van der Waals surface area contributed by atoms with Crippen molar-refractivity contribution in [3.05, 3.63) is 69.0 Å². The SMILES string of the molecule is COC(OC)[C@@]1(C)Oc2ccc([N+](=O)[O-])cc2[C@H](N(Cc2nnn(C)n2)c2c(C)cccc2C)[C@H]1O. The third-order valence-corrected chi connectivity index (χ3v) is 6.56. The van der Waals surface area contributed by atoms with Crippen LogP contribution in [0.3, 0.4) is 0 Å². The summed E-state index contributed by atoms with van der Waals surface area (Å²) >= 11 is 0. The number of nitrogens with zero attached hydrogens (tertiary/aromatic N) is 6. The highest BCUT2D eigenvalue weighted by Gasteiger charge is 2.54. The number of nitro groups is 1. The second-order valence-electron chi connectivity index (χ2n) is 9.02. The van der Waals surface area contributed by atoms with Crippen molar-refractivity contribution in [3.63, 3.8) is 0 Å². The normalized spacial score (nSPS) is 21.2. The summed E-state index contributed by atoms with van der Waals surface area (Å²) in [7, 11) is 4.59. The maximum atomic E-state index is 11.9. The number of methoxy groups -OCH3 is 2. The highest BCUT2D eigenvalue weighted by atomic mass is 16.7. The first-order chi connectivity index (χ1) is 17.1. The maximum absolute atomic E-state index is 11.9. The van der Waals surface area contributed by atoms with Crippen molar-refractivity contribution in [2.75, 3.05) is 19.1 Å². The lowest BCUT2D eigenvalue weighted by Crippen LogP contribution is -2.62. The van der Waals surface area contributed by atoms with Crippen LogP contribution in [0.4, 0.5) is 11.4 Å². The van der Waals surface area contributed by atoms with E-state index < -0.39 is 29.0 Å². The van der Waals surface area contributed by atoms with E-state index >= 15 is 0 Å². The van der Waals surface area contributed by atoms with Crippen molar-refractivity contribution in [2.45, 2.75) is 51.4 Å². The molecule has 0 spiro atoms. The molecule has 2 heterocycles. The molecule has 3 aromatic rings. The number of aliphatic hydroxyl groups excluding tert-OH is 1. The van der Waals surface area contributed by atoms with Crippen LogP contribution >= 0.6 is 0 Å². The van der Waals surface area contributed by atoms with Crippen molar-refractivity contribution in [1.29, 1.82) is 0 Å². The van der Waals surface area contributed by atoms with Gasteiger partial charge in [-0.05, 0) is 43.2 Å². The largest absolute Gasteiger partial charge is 0.479 e. The Kier molecular flexibility index (Phi) is 6.94. The molecule has 1 aromatic heterocycles. The first kappa shape index (κ1) is 25.5. The number of tetrazole rings is 1. The van der Waals surface area contributed by atoms with Crippen molar-refractivity contribution in [2.24, 2.45) is 7.05 Å². The summed E-state index contributed by atoms with van der Waals surface area (Å²) in [5.41, 5.74) is 1.70. The van der Waals surface area contributed by atoms with Gasteiger partial charge in [0.15, 0.2) is 17.7 Å². The van der Waals surface area contributed by atoms with Crippen LogP contribution in [0.2, 0.25) is 0 Å². The lowest BCUT2D eigenvalue weighted by atomic mass is 9.82. The van der Waals surface area contributed by atoms with E-state index in [0.717, 1.165) is 16.8 Å². The quantitative estimate of drug-likeness (QED) is 0.280. The third kappa shape index (κ3) is 4.38. The molecule has 1 N–H and O–H groups in total. The van der Waals surface area contributed by atoms with Gasteiger partial charge in [-0.25, -0.2) is 0 Å². The number of fused-ring (bicyclic) bond motifs is 1. The zero-order chi connectivity index (χ0) is 26.2. The number of aliphatic hydroxyl groups is 1. The molecule has 0 fully saturated rings. The monoisotopic (exact) mass is 498 g/mol. The minimum absolute atomic E-state index is 0.118. The molecule has 12 heteroatoms. The van der Waals surface area contributed by atoms with Gasteiger partial charge in [0.25, 0.3) is 5.69 Å². The van der Waals surface area contributed by atoms with Crippen LogP contribution in [0.15, 0.2) is 36.4 Å². The molecule has 0 aliphatic carbocycles. The summed E-state index contributed by atoms with van der Waals surface area (Å²) in [6, 6.07) is 9.41. The Bertz CT molecular complexity index is 1240. The summed E-state index contributed by atoms with van der Waals surface area (Å²) in [5.74, 6) is 0.795. The Hall–Kier alpha value is -3.61. The molecule has 36 heavy (non-hydrogen) atoms. The first-order valence-corrected chi connectivity index (χ1v) is 11.4. The Labute approximate surface area is 208 Å². The van der Waals surface area contributed by atoms with E-state index in [1.807, 2.05) is 36.9 Å². The number of para-hydroxylation sites is 1. The predicted octanol–water partition coefficient (Wildman–Crippen LogP) is 2.61. The predicted molar refractivity (Wildman–Crippen MR) is 130 cm³/mol. The third-order valence-electron chi connectivity index (χ3n) is 6.56. The van der Waals surface area contributed by atoms with Crippen molar-refractivity contribution < 1.29 is 24.2 Å². The number of hydrogen-bond donors (Lipinski definition) is 1. The van der Waals surface area contributed by atoms with Gasteiger partial charge >= 0.3 is 0 Å². The van der Waals surface area contributed by atoms with Crippen LogP contribution in [0, 0.1) is 24.0 Å². The van der Waals surface area contributed by atoms with Crippen molar-refractivity contribution in [3.8, 4) is 5.75 Å². The molecule has 2 aromatic carbocycles. The number of aromatic nitrogens is 4. The van der Waals surface area contributed by atoms with Gasteiger partial charge in [-0.3, -0.25) is 10.1 Å². The molecule has 1 aliphatic rings. The second-order valence-corrected chi connectivity index (χ2v) is 9.02. The smallest absolute Gasteiger partial charge is 0.270 e. The number of anilines is 1. The fourth-order valence-corrected chi connectivity index (χ4v) is 4.96. The lowest BCUT2D eigenvalue weighted by Gasteiger charge is -2.50. The molecule has 4 rings (SSSR count). The molecule has 0 bridgehead atoms. The van der Waals surface area contributed by atoms with E-state index in [9.17, 15) is 15.2 Å². The maximum Gasteiger partial charge on any atom is 0.270 e. The van der Waals surface area contributed by atoms with Gasteiger partial charge in [0.1, 0.15) is 11.9 Å². The van der Waals surface area contributed by atoms with E-state index in [1.165, 1.54) is 37.2 Å². The molecule has 0 saturated heterocycles. The van der Waals surface area contributed by atoms with E-state index in [-0.39, 0.29) is 12.2 Å². The van der Waals surface area contributed by atoms with Crippen molar-refractivity contribution >= 4 is 11.4 Å². The van der Waals surface area contributed by atoms with Gasteiger partial charge in [0.2, 0.25) is 0 Å². The van der Waals surface area contributed by atoms with Gasteiger partial charge in [0.05, 0.1) is 24.6 Å². The van der Waals surface area contributed by atoms with Crippen molar-refractivity contribution in [1.82, 2.24) is 20.2 Å². The molecule has 0 saturated carbocycles. The van der Waals surface area contributed by atoms with E-state index in [4.69, 9.17) is 14.2 Å². The molecule has 1 aliphatic heterocycles. The first-order valence-electron chi connectivity index (χ1n) is 11.4. The molecule has 12 nitrogen and oxygen atoms in total. The van der Waals surface area contributed by atoms with Crippen LogP contribution in [-0.4, -0.2) is 62.5 Å². The number of hydrogen-bond acceptors (Lipinski definition) is 10. The molecule has 3 atom stereocenters. The number of rotatable bonds is 8. The van der Waals surface area contributed by atoms with E-state index in [2.05, 4.69) is 15.4 Å². The van der Waals surface area contributed by atoms with Crippen LogP contribution in [0.5, 0.6) is 5.75 Å². The molecule has 0 amide bonds. The van der Waals surface area contributed by atoms with Crippen LogP contribution in [-0.2, 0) is 23.1 Å². The topological polar surface area (TPSA) is 138 Å². The molecular formula is C24H30N6O6. The fraction of sp³-hybridized carbons (Fsp3) is 0.458. The number of aryl methyl sites for hydroxylation is 3. The van der Waals surface area contributed by atoms with Gasteiger partial charge in [-0.1, -0.05) is 18.2 Å². The summed E-state index contributed by atoms with van der Waals surface area (Å²) < 4.78 is 17.3. The van der Waals surface area contributed by atoms with Gasteiger partial charge in [-0.15, -0.1) is 10.2 Å². The summed E-state index contributed by atoms with van der Waals surface area (Å²) in [6.45, 7) is 5.79. The van der Waals surface area contributed by atoms with E-state index in [1.54, 1.807) is 14.0 Å².